The molecule has 0 bridgehead atoms. The van der Waals surface area contributed by atoms with E-state index >= 15 is 0 Å². The zero-order valence-electron chi connectivity index (χ0n) is 19.4. The van der Waals surface area contributed by atoms with Crippen LogP contribution in [-0.2, 0) is 6.54 Å². The standard InChI is InChI=1S/C26H22N10/c27-13-18-3-1-5-20(11-18)23-16-31-25-26(32-23)36(34-33-25)17-19-4-2-6-21(12-19)24-29-14-22(15-30-24)35-9-7-28-8-10-35/h1-6,11-12,14-16,28H,7-10,17H2. The van der Waals surface area contributed by atoms with Gasteiger partial charge in [0.2, 0.25) is 5.65 Å². The number of aromatic nitrogens is 7. The zero-order valence-corrected chi connectivity index (χ0v) is 19.4. The topological polar surface area (TPSA) is 121 Å². The van der Waals surface area contributed by atoms with Gasteiger partial charge in [-0.15, -0.1) is 5.10 Å². The molecule has 1 saturated heterocycles. The van der Waals surface area contributed by atoms with Crippen LogP contribution in [0.1, 0.15) is 11.1 Å². The third-order valence-corrected chi connectivity index (χ3v) is 6.15. The molecule has 4 heterocycles. The highest BCUT2D eigenvalue weighted by Gasteiger charge is 2.13. The number of benzene rings is 2. The molecule has 36 heavy (non-hydrogen) atoms. The second-order valence-corrected chi connectivity index (χ2v) is 8.54. The van der Waals surface area contributed by atoms with E-state index < -0.39 is 0 Å². The van der Waals surface area contributed by atoms with Gasteiger partial charge in [-0.2, -0.15) is 5.26 Å². The lowest BCUT2D eigenvalue weighted by Gasteiger charge is -2.28. The van der Waals surface area contributed by atoms with Crippen molar-refractivity contribution in [2.45, 2.75) is 6.54 Å². The van der Waals surface area contributed by atoms with Crippen molar-refractivity contribution >= 4 is 17.0 Å². The summed E-state index contributed by atoms with van der Waals surface area (Å²) >= 11 is 0. The average Bonchev–Trinajstić information content (AvgIpc) is 3.35. The second-order valence-electron chi connectivity index (χ2n) is 8.54. The molecular formula is C26H22N10. The lowest BCUT2D eigenvalue weighted by molar-refractivity contribution is 0.588. The molecule has 0 spiro atoms. The molecule has 6 rings (SSSR count). The molecular weight excluding hydrogens is 452 g/mol. The lowest BCUT2D eigenvalue weighted by Crippen LogP contribution is -2.43. The van der Waals surface area contributed by atoms with Gasteiger partial charge in [-0.05, 0) is 23.8 Å². The first-order valence-corrected chi connectivity index (χ1v) is 11.7. The van der Waals surface area contributed by atoms with Crippen molar-refractivity contribution in [3.63, 3.8) is 0 Å². The quantitative estimate of drug-likeness (QED) is 0.410. The maximum atomic E-state index is 9.21. The molecule has 0 unspecified atom stereocenters. The SMILES string of the molecule is N#Cc1cccc(-c2cnc3nnn(Cc4cccc(-c5ncc(N6CCNCC6)cn5)c4)c3n2)c1. The van der Waals surface area contributed by atoms with E-state index in [9.17, 15) is 5.26 Å². The number of piperazine rings is 1. The van der Waals surface area contributed by atoms with Gasteiger partial charge in [0.25, 0.3) is 0 Å². The Morgan fingerprint density at radius 2 is 1.72 bits per heavy atom. The maximum absolute atomic E-state index is 9.21. The van der Waals surface area contributed by atoms with Crippen LogP contribution in [0.25, 0.3) is 33.9 Å². The van der Waals surface area contributed by atoms with Crippen molar-refractivity contribution < 1.29 is 0 Å². The maximum Gasteiger partial charge on any atom is 0.221 e. The van der Waals surface area contributed by atoms with Crippen molar-refractivity contribution in [3.8, 4) is 28.7 Å². The highest BCUT2D eigenvalue weighted by atomic mass is 15.4. The Kier molecular flexibility index (Phi) is 5.73. The molecule has 1 aliphatic rings. The molecule has 1 aliphatic heterocycles. The van der Waals surface area contributed by atoms with Crippen molar-refractivity contribution in [2.24, 2.45) is 0 Å². The first-order valence-electron chi connectivity index (χ1n) is 11.7. The smallest absolute Gasteiger partial charge is 0.221 e. The van der Waals surface area contributed by atoms with Crippen LogP contribution in [0.3, 0.4) is 0 Å². The van der Waals surface area contributed by atoms with Gasteiger partial charge >= 0.3 is 0 Å². The number of nitrogens with zero attached hydrogens (tertiary/aromatic N) is 9. The van der Waals surface area contributed by atoms with Crippen molar-refractivity contribution in [2.75, 3.05) is 31.1 Å². The summed E-state index contributed by atoms with van der Waals surface area (Å²) in [5.41, 5.74) is 6.10. The lowest BCUT2D eigenvalue weighted by atomic mass is 10.1. The van der Waals surface area contributed by atoms with Crippen LogP contribution in [0.4, 0.5) is 5.69 Å². The Hall–Kier alpha value is -4.75. The van der Waals surface area contributed by atoms with Crippen molar-refractivity contribution in [3.05, 3.63) is 78.2 Å². The third-order valence-electron chi connectivity index (χ3n) is 6.15. The van der Waals surface area contributed by atoms with Gasteiger partial charge in [-0.1, -0.05) is 35.5 Å². The summed E-state index contributed by atoms with van der Waals surface area (Å²) in [4.78, 5) is 20.7. The Bertz CT molecular complexity index is 1560. The van der Waals surface area contributed by atoms with Crippen LogP contribution >= 0.6 is 0 Å². The van der Waals surface area contributed by atoms with E-state index in [1.165, 1.54) is 0 Å². The van der Waals surface area contributed by atoms with Crippen LogP contribution in [0.15, 0.2) is 67.1 Å². The average molecular weight is 475 g/mol. The molecule has 2 aromatic carbocycles. The molecule has 0 amide bonds. The Balaban J connectivity index is 1.26. The molecule has 1 fully saturated rings. The Morgan fingerprint density at radius 1 is 0.917 bits per heavy atom. The number of nitriles is 1. The fraction of sp³-hybridized carbons (Fsp3) is 0.192. The molecule has 10 nitrogen and oxygen atoms in total. The minimum Gasteiger partial charge on any atom is -0.366 e. The normalized spacial score (nSPS) is 13.6. The molecule has 0 aliphatic carbocycles. The third kappa shape index (κ3) is 4.35. The van der Waals surface area contributed by atoms with Gasteiger partial charge in [0, 0.05) is 37.3 Å². The van der Waals surface area contributed by atoms with Crippen LogP contribution in [0.2, 0.25) is 0 Å². The number of anilines is 1. The van der Waals surface area contributed by atoms with Crippen LogP contribution in [-0.4, -0.2) is 61.1 Å². The molecule has 0 atom stereocenters. The monoisotopic (exact) mass is 474 g/mol. The van der Waals surface area contributed by atoms with Gasteiger partial charge < -0.3 is 10.2 Å². The number of fused-ring (bicyclic) bond motifs is 1. The van der Waals surface area contributed by atoms with Crippen LogP contribution in [0.5, 0.6) is 0 Å². The van der Waals surface area contributed by atoms with Crippen molar-refractivity contribution in [1.29, 1.82) is 5.26 Å². The van der Waals surface area contributed by atoms with Gasteiger partial charge in [-0.25, -0.2) is 24.6 Å². The van der Waals surface area contributed by atoms with E-state index in [2.05, 4.69) is 47.6 Å². The van der Waals surface area contributed by atoms with E-state index in [0.29, 0.717) is 34.9 Å². The van der Waals surface area contributed by atoms with E-state index in [-0.39, 0.29) is 0 Å². The summed E-state index contributed by atoms with van der Waals surface area (Å²) in [6.45, 7) is 4.33. The molecule has 0 radical (unpaired) electrons. The predicted molar refractivity (Wildman–Crippen MR) is 135 cm³/mol. The largest absolute Gasteiger partial charge is 0.366 e. The highest BCUT2D eigenvalue weighted by molar-refractivity contribution is 5.70. The molecule has 176 valence electrons. The minimum atomic E-state index is 0.471. The number of hydrogen-bond acceptors (Lipinski definition) is 9. The van der Waals surface area contributed by atoms with Crippen molar-refractivity contribution in [1.82, 2.24) is 40.2 Å². The first kappa shape index (κ1) is 21.8. The summed E-state index contributed by atoms with van der Waals surface area (Å²) in [6.07, 6.45) is 5.44. The Morgan fingerprint density at radius 3 is 2.56 bits per heavy atom. The summed E-state index contributed by atoms with van der Waals surface area (Å²) in [5.74, 6) is 0.679. The van der Waals surface area contributed by atoms with Gasteiger partial charge in [0.1, 0.15) is 0 Å². The summed E-state index contributed by atoms with van der Waals surface area (Å²) < 4.78 is 1.73. The van der Waals surface area contributed by atoms with Gasteiger partial charge in [-0.3, -0.25) is 0 Å². The molecule has 3 aromatic heterocycles. The molecule has 1 N–H and O–H groups in total. The summed E-state index contributed by atoms with van der Waals surface area (Å²) in [6, 6.07) is 17.5. The van der Waals surface area contributed by atoms with E-state index in [4.69, 9.17) is 4.98 Å². The molecule has 10 heteroatoms. The first-order chi connectivity index (χ1) is 17.8. The van der Waals surface area contributed by atoms with Gasteiger partial charge in [0.15, 0.2) is 11.5 Å². The molecule has 5 aromatic rings. The number of rotatable bonds is 5. The van der Waals surface area contributed by atoms with E-state index in [1.54, 1.807) is 23.0 Å². The number of nitrogens with one attached hydrogen (secondary N) is 1. The highest BCUT2D eigenvalue weighted by Crippen LogP contribution is 2.22. The fourth-order valence-electron chi connectivity index (χ4n) is 4.29. The second kappa shape index (κ2) is 9.48. The summed E-state index contributed by atoms with van der Waals surface area (Å²) in [5, 5.41) is 21.0. The fourth-order valence-corrected chi connectivity index (χ4v) is 4.29. The van der Waals surface area contributed by atoms with Crippen LogP contribution in [0, 0.1) is 11.3 Å². The van der Waals surface area contributed by atoms with Gasteiger partial charge in [0.05, 0.1) is 48.1 Å². The molecule has 0 saturated carbocycles. The summed E-state index contributed by atoms with van der Waals surface area (Å²) in [7, 11) is 0. The van der Waals surface area contributed by atoms with E-state index in [0.717, 1.165) is 48.6 Å². The Labute approximate surface area is 207 Å². The van der Waals surface area contributed by atoms with E-state index in [1.807, 2.05) is 42.7 Å². The zero-order chi connectivity index (χ0) is 24.3. The minimum absolute atomic E-state index is 0.471. The number of hydrogen-bond donors (Lipinski definition) is 1. The van der Waals surface area contributed by atoms with Crippen LogP contribution < -0.4 is 10.2 Å². The predicted octanol–water partition coefficient (Wildman–Crippen LogP) is 2.67.